The summed E-state index contributed by atoms with van der Waals surface area (Å²) < 4.78 is 0. The van der Waals surface area contributed by atoms with Gasteiger partial charge in [0, 0.05) is 5.56 Å². The molecule has 8 heteroatoms. The van der Waals surface area contributed by atoms with Gasteiger partial charge in [0.05, 0.1) is 6.54 Å². The van der Waals surface area contributed by atoms with E-state index in [9.17, 15) is 19.2 Å². The minimum absolute atomic E-state index is 0.294. The Morgan fingerprint density at radius 1 is 1.00 bits per heavy atom. The summed E-state index contributed by atoms with van der Waals surface area (Å²) in [5.74, 6) is -3.00. The third kappa shape index (κ3) is 6.62. The van der Waals surface area contributed by atoms with Crippen molar-refractivity contribution in [2.45, 2.75) is 32.9 Å². The Bertz CT molecular complexity index is 630. The summed E-state index contributed by atoms with van der Waals surface area (Å²) >= 11 is 0. The molecule has 2 atom stereocenters. The van der Waals surface area contributed by atoms with Crippen molar-refractivity contribution in [1.82, 2.24) is 16.0 Å². The number of carboxylic acid groups (broad SMARTS) is 1. The molecule has 2 unspecified atom stereocenters. The van der Waals surface area contributed by atoms with Crippen molar-refractivity contribution >= 4 is 23.7 Å². The lowest BCUT2D eigenvalue weighted by molar-refractivity contribution is -0.143. The number of carbonyl (C=O) groups excluding carboxylic acids is 3. The van der Waals surface area contributed by atoms with E-state index < -0.39 is 35.8 Å². The largest absolute Gasteiger partial charge is 0.480 e. The smallest absolute Gasteiger partial charge is 0.326 e. The Kier molecular flexibility index (Phi) is 7.58. The van der Waals surface area contributed by atoms with E-state index in [0.29, 0.717) is 5.56 Å². The first-order chi connectivity index (χ1) is 11.7. The molecule has 1 aromatic rings. The number of carboxylic acids is 1. The minimum atomic E-state index is -1.14. The molecule has 0 spiro atoms. The van der Waals surface area contributed by atoms with Crippen LogP contribution in [0.2, 0.25) is 0 Å². The lowest BCUT2D eigenvalue weighted by Crippen LogP contribution is -2.53. The zero-order chi connectivity index (χ0) is 19.0. The first-order valence-corrected chi connectivity index (χ1v) is 7.88. The molecule has 0 aliphatic heterocycles. The van der Waals surface area contributed by atoms with E-state index in [4.69, 9.17) is 5.11 Å². The second kappa shape index (κ2) is 9.41. The number of hydrogen-bond acceptors (Lipinski definition) is 4. The molecule has 1 rings (SSSR count). The maximum Gasteiger partial charge on any atom is 0.326 e. The number of nitrogens with one attached hydrogen (secondary N) is 3. The van der Waals surface area contributed by atoms with Gasteiger partial charge in [0.15, 0.2) is 0 Å². The third-order valence-electron chi connectivity index (χ3n) is 3.45. The number of aliphatic carboxylic acids is 1. The van der Waals surface area contributed by atoms with E-state index in [1.165, 1.54) is 6.92 Å². The highest BCUT2D eigenvalue weighted by Crippen LogP contribution is 2.02. The van der Waals surface area contributed by atoms with Crippen LogP contribution in [0.4, 0.5) is 0 Å². The molecular weight excluding hydrogens is 326 g/mol. The first kappa shape index (κ1) is 20.1. The van der Waals surface area contributed by atoms with Crippen molar-refractivity contribution in [1.29, 1.82) is 0 Å². The fourth-order valence-electron chi connectivity index (χ4n) is 2.00. The molecule has 0 heterocycles. The predicted octanol–water partition coefficient (Wildman–Crippen LogP) is 0.147. The van der Waals surface area contributed by atoms with Crippen LogP contribution in [0.15, 0.2) is 30.3 Å². The van der Waals surface area contributed by atoms with Crippen LogP contribution in [0, 0.1) is 5.92 Å². The standard InChI is InChI=1S/C17H23N3O5/c1-10(2)14(17(24)25)20-15(22)11(3)19-13(21)9-18-16(23)12-7-5-4-6-8-12/h4-8,10-11,14H,9H2,1-3H3,(H,18,23)(H,19,21)(H,20,22)(H,24,25). The minimum Gasteiger partial charge on any atom is -0.480 e. The Labute approximate surface area is 146 Å². The summed E-state index contributed by atoms with van der Waals surface area (Å²) in [5.41, 5.74) is 0.419. The van der Waals surface area contributed by atoms with Gasteiger partial charge in [0.25, 0.3) is 5.91 Å². The van der Waals surface area contributed by atoms with E-state index in [1.54, 1.807) is 44.2 Å². The Morgan fingerprint density at radius 3 is 2.12 bits per heavy atom. The Hall–Kier alpha value is -2.90. The van der Waals surface area contributed by atoms with Crippen LogP contribution in [0.5, 0.6) is 0 Å². The van der Waals surface area contributed by atoms with Gasteiger partial charge in [0.1, 0.15) is 12.1 Å². The number of amides is 3. The molecular formula is C17H23N3O5. The van der Waals surface area contributed by atoms with Crippen LogP contribution in [0.3, 0.4) is 0 Å². The second-order valence-electron chi connectivity index (χ2n) is 5.91. The molecule has 0 saturated heterocycles. The van der Waals surface area contributed by atoms with Gasteiger partial charge in [-0.25, -0.2) is 4.79 Å². The van der Waals surface area contributed by atoms with Crippen LogP contribution < -0.4 is 16.0 Å². The molecule has 0 saturated carbocycles. The zero-order valence-corrected chi connectivity index (χ0v) is 14.4. The van der Waals surface area contributed by atoms with Crippen LogP contribution in [-0.4, -0.2) is 47.4 Å². The fraction of sp³-hybridized carbons (Fsp3) is 0.412. The summed E-state index contributed by atoms with van der Waals surface area (Å²) in [6, 6.07) is 6.43. The second-order valence-corrected chi connectivity index (χ2v) is 5.91. The third-order valence-corrected chi connectivity index (χ3v) is 3.45. The van der Waals surface area contributed by atoms with Gasteiger partial charge >= 0.3 is 5.97 Å². The SMILES string of the molecule is CC(NC(=O)CNC(=O)c1ccccc1)C(=O)NC(C(=O)O)C(C)C. The van der Waals surface area contributed by atoms with E-state index in [2.05, 4.69) is 16.0 Å². The van der Waals surface area contributed by atoms with Crippen LogP contribution in [-0.2, 0) is 14.4 Å². The van der Waals surface area contributed by atoms with Crippen molar-refractivity contribution in [3.63, 3.8) is 0 Å². The lowest BCUT2D eigenvalue weighted by atomic mass is 10.0. The number of rotatable bonds is 8. The van der Waals surface area contributed by atoms with Crippen molar-refractivity contribution in [2.24, 2.45) is 5.92 Å². The molecule has 25 heavy (non-hydrogen) atoms. The van der Waals surface area contributed by atoms with E-state index >= 15 is 0 Å². The first-order valence-electron chi connectivity index (χ1n) is 7.88. The van der Waals surface area contributed by atoms with Gasteiger partial charge in [-0.05, 0) is 25.0 Å². The Balaban J connectivity index is 2.46. The molecule has 0 aliphatic carbocycles. The number of benzene rings is 1. The maximum absolute atomic E-state index is 12.0. The highest BCUT2D eigenvalue weighted by atomic mass is 16.4. The van der Waals surface area contributed by atoms with Crippen LogP contribution >= 0.6 is 0 Å². The van der Waals surface area contributed by atoms with Gasteiger partial charge in [-0.15, -0.1) is 0 Å². The molecule has 8 nitrogen and oxygen atoms in total. The van der Waals surface area contributed by atoms with Gasteiger partial charge < -0.3 is 21.1 Å². The van der Waals surface area contributed by atoms with Gasteiger partial charge in [0.2, 0.25) is 11.8 Å². The van der Waals surface area contributed by atoms with Crippen molar-refractivity contribution in [3.05, 3.63) is 35.9 Å². The molecule has 0 aromatic heterocycles. The molecule has 0 bridgehead atoms. The zero-order valence-electron chi connectivity index (χ0n) is 14.4. The quantitative estimate of drug-likeness (QED) is 0.532. The highest BCUT2D eigenvalue weighted by molar-refractivity contribution is 5.97. The summed E-state index contributed by atoms with van der Waals surface area (Å²) in [4.78, 5) is 46.7. The van der Waals surface area contributed by atoms with Crippen molar-refractivity contribution < 1.29 is 24.3 Å². The summed E-state index contributed by atoms with van der Waals surface area (Å²) in [5, 5.41) is 16.3. The monoisotopic (exact) mass is 349 g/mol. The molecule has 3 amide bonds. The van der Waals surface area contributed by atoms with Gasteiger partial charge in [-0.1, -0.05) is 32.0 Å². The normalized spacial score (nSPS) is 12.8. The number of carbonyl (C=O) groups is 4. The average Bonchev–Trinajstić information content (AvgIpc) is 2.57. The predicted molar refractivity (Wildman–Crippen MR) is 90.8 cm³/mol. The topological polar surface area (TPSA) is 125 Å². The number of hydrogen-bond donors (Lipinski definition) is 4. The summed E-state index contributed by atoms with van der Waals surface area (Å²) in [7, 11) is 0. The fourth-order valence-corrected chi connectivity index (χ4v) is 2.00. The lowest BCUT2D eigenvalue weighted by Gasteiger charge is -2.21. The molecule has 0 fully saturated rings. The van der Waals surface area contributed by atoms with E-state index in [1.807, 2.05) is 0 Å². The van der Waals surface area contributed by atoms with E-state index in [0.717, 1.165) is 0 Å². The van der Waals surface area contributed by atoms with E-state index in [-0.39, 0.29) is 12.5 Å². The van der Waals surface area contributed by atoms with Crippen molar-refractivity contribution in [2.75, 3.05) is 6.54 Å². The molecule has 136 valence electrons. The summed E-state index contributed by atoms with van der Waals surface area (Å²) in [6.07, 6.45) is 0. The molecule has 1 aromatic carbocycles. The Morgan fingerprint density at radius 2 is 1.60 bits per heavy atom. The summed E-state index contributed by atoms with van der Waals surface area (Å²) in [6.45, 7) is 4.48. The highest BCUT2D eigenvalue weighted by Gasteiger charge is 2.26. The molecule has 0 radical (unpaired) electrons. The maximum atomic E-state index is 12.0. The van der Waals surface area contributed by atoms with Gasteiger partial charge in [-0.2, -0.15) is 0 Å². The van der Waals surface area contributed by atoms with Crippen LogP contribution in [0.25, 0.3) is 0 Å². The van der Waals surface area contributed by atoms with Gasteiger partial charge in [-0.3, -0.25) is 14.4 Å². The molecule has 0 aliphatic rings. The van der Waals surface area contributed by atoms with Crippen molar-refractivity contribution in [3.8, 4) is 0 Å². The molecule has 4 N–H and O–H groups in total. The van der Waals surface area contributed by atoms with Crippen LogP contribution in [0.1, 0.15) is 31.1 Å². The average molecular weight is 349 g/mol.